The van der Waals surface area contributed by atoms with Gasteiger partial charge >= 0.3 is 0 Å². The summed E-state index contributed by atoms with van der Waals surface area (Å²) in [6.07, 6.45) is 0. The molecule has 0 heteroatoms. The largest absolute Gasteiger partial charge is 0.0616 e. The third-order valence-corrected chi connectivity index (χ3v) is 13.8. The first-order valence-electron chi connectivity index (χ1n) is 20.8. The van der Waals surface area contributed by atoms with Crippen LogP contribution in [0.2, 0.25) is 0 Å². The maximum absolute atomic E-state index is 2.49. The van der Waals surface area contributed by atoms with Crippen LogP contribution in [0.5, 0.6) is 0 Å². The molecule has 0 spiro atoms. The number of hydrogen-bond acceptors (Lipinski definition) is 0. The van der Waals surface area contributed by atoms with E-state index in [2.05, 4.69) is 208 Å². The predicted octanol–water partition coefficient (Wildman–Crippen LogP) is 16.6. The molecule has 0 N–H and O–H groups in total. The molecule has 1 aliphatic rings. The van der Waals surface area contributed by atoms with Gasteiger partial charge in [-0.25, -0.2) is 0 Å². The molecule has 0 saturated carbocycles. The maximum atomic E-state index is 2.49. The summed E-state index contributed by atoms with van der Waals surface area (Å²) in [7, 11) is 0. The minimum atomic E-state index is -0.193. The van der Waals surface area contributed by atoms with Crippen LogP contribution in [-0.2, 0) is 5.41 Å². The van der Waals surface area contributed by atoms with E-state index in [9.17, 15) is 0 Å². The predicted molar refractivity (Wildman–Crippen MR) is 255 cm³/mol. The van der Waals surface area contributed by atoms with Crippen LogP contribution in [0.3, 0.4) is 0 Å². The number of rotatable bonds is 2. The molecule has 0 unspecified atom stereocenters. The lowest BCUT2D eigenvalue weighted by atomic mass is 9.80. The van der Waals surface area contributed by atoms with E-state index in [-0.39, 0.29) is 5.41 Å². The van der Waals surface area contributed by atoms with Crippen LogP contribution in [0.25, 0.3) is 120 Å². The Labute approximate surface area is 342 Å². The van der Waals surface area contributed by atoms with Crippen LogP contribution < -0.4 is 0 Å². The molecule has 12 aromatic carbocycles. The topological polar surface area (TPSA) is 0 Å². The lowest BCUT2D eigenvalue weighted by Crippen LogP contribution is -2.15. The van der Waals surface area contributed by atoms with E-state index in [1.165, 1.54) is 131 Å². The van der Waals surface area contributed by atoms with E-state index in [4.69, 9.17) is 0 Å². The van der Waals surface area contributed by atoms with Crippen LogP contribution in [-0.4, -0.2) is 0 Å². The van der Waals surface area contributed by atoms with Crippen molar-refractivity contribution in [2.24, 2.45) is 0 Å². The van der Waals surface area contributed by atoms with Crippen LogP contribution in [0.4, 0.5) is 0 Å². The van der Waals surface area contributed by atoms with Gasteiger partial charge < -0.3 is 0 Å². The molecule has 274 valence electrons. The highest BCUT2D eigenvalue weighted by molar-refractivity contribution is 6.34. The molecule has 0 fully saturated rings. The van der Waals surface area contributed by atoms with Gasteiger partial charge in [0.2, 0.25) is 0 Å². The molecule has 1 aliphatic carbocycles. The first kappa shape index (κ1) is 32.8. The van der Waals surface area contributed by atoms with E-state index in [1.807, 2.05) is 0 Å². The fraction of sp³-hybridized carbons (Fsp3) is 0.0508. The van der Waals surface area contributed by atoms with Crippen molar-refractivity contribution in [3.8, 4) is 33.4 Å². The van der Waals surface area contributed by atoms with Crippen molar-refractivity contribution in [3.05, 3.63) is 205 Å². The van der Waals surface area contributed by atoms with Crippen LogP contribution in [0.1, 0.15) is 25.0 Å². The minimum Gasteiger partial charge on any atom is -0.0616 e. The SMILES string of the molecule is CC1(C)c2cc(-c3cc4c5ccccc5c5ccccc5c4c4ccccc34)ccc2-c2ccc(-c3cc4c5ccccc5c5ccccc5c4c4ccccc34)cc21. The summed E-state index contributed by atoms with van der Waals surface area (Å²) >= 11 is 0. The summed E-state index contributed by atoms with van der Waals surface area (Å²) in [6.45, 7) is 4.84. The fourth-order valence-corrected chi connectivity index (χ4v) is 11.1. The van der Waals surface area contributed by atoms with Gasteiger partial charge in [-0.2, -0.15) is 0 Å². The van der Waals surface area contributed by atoms with Gasteiger partial charge in [0, 0.05) is 5.41 Å². The average Bonchev–Trinajstić information content (AvgIpc) is 3.52. The second-order valence-electron chi connectivity index (χ2n) is 17.1. The summed E-state index contributed by atoms with van der Waals surface area (Å²) in [5, 5.41) is 20.9. The summed E-state index contributed by atoms with van der Waals surface area (Å²) in [4.78, 5) is 0. The molecular weight excluding hydrogens is 709 g/mol. The highest BCUT2D eigenvalue weighted by Crippen LogP contribution is 2.52. The Morgan fingerprint density at radius 1 is 0.237 bits per heavy atom. The smallest absolute Gasteiger partial charge is 0.0159 e. The van der Waals surface area contributed by atoms with Gasteiger partial charge in [-0.15, -0.1) is 0 Å². The molecule has 0 atom stereocenters. The van der Waals surface area contributed by atoms with Gasteiger partial charge in [0.05, 0.1) is 0 Å². The quantitative estimate of drug-likeness (QED) is 0.155. The highest BCUT2D eigenvalue weighted by Gasteiger charge is 2.36. The van der Waals surface area contributed by atoms with Gasteiger partial charge in [-0.3, -0.25) is 0 Å². The Balaban J connectivity index is 1.01. The zero-order valence-corrected chi connectivity index (χ0v) is 33.0. The standard InChI is InChI=1S/C59H38/c1-59(2)55-31-35(51-33-53-41-19-5-3-15-37(41)39-17-7-11-23-47(39)57(53)49-25-13-9-21-43(49)51)27-29-45(55)46-30-28-36(32-56(46)59)52-34-54-42-20-6-4-16-38(42)40-18-8-12-24-48(40)58(54)50-26-14-10-22-44(50)52/h3-34H,1-2H3. The fourth-order valence-electron chi connectivity index (χ4n) is 11.1. The zero-order chi connectivity index (χ0) is 39.0. The molecular formula is C59H38. The molecule has 0 bridgehead atoms. The Bertz CT molecular complexity index is 3550. The molecule has 0 radical (unpaired) electrons. The van der Waals surface area contributed by atoms with Gasteiger partial charge in [0.25, 0.3) is 0 Å². The second-order valence-corrected chi connectivity index (χ2v) is 17.1. The van der Waals surface area contributed by atoms with Gasteiger partial charge in [0.1, 0.15) is 0 Å². The van der Waals surface area contributed by atoms with Crippen LogP contribution >= 0.6 is 0 Å². The third kappa shape index (κ3) is 4.44. The first-order valence-corrected chi connectivity index (χ1v) is 20.8. The molecule has 0 aromatic heterocycles. The first-order chi connectivity index (χ1) is 29.0. The Hall–Kier alpha value is -7.28. The molecule has 0 saturated heterocycles. The van der Waals surface area contributed by atoms with E-state index in [0.29, 0.717) is 0 Å². The number of fused-ring (bicyclic) bond motifs is 19. The summed E-state index contributed by atoms with van der Waals surface area (Å²) in [5.41, 5.74) is 10.3. The summed E-state index contributed by atoms with van der Waals surface area (Å²) < 4.78 is 0. The Morgan fingerprint density at radius 3 is 0.864 bits per heavy atom. The van der Waals surface area contributed by atoms with E-state index in [1.54, 1.807) is 0 Å². The third-order valence-electron chi connectivity index (χ3n) is 13.8. The average molecular weight is 747 g/mol. The monoisotopic (exact) mass is 746 g/mol. The molecule has 12 aromatic rings. The van der Waals surface area contributed by atoms with Crippen molar-refractivity contribution in [1.29, 1.82) is 0 Å². The normalized spacial score (nSPS) is 13.4. The van der Waals surface area contributed by atoms with E-state index < -0.39 is 0 Å². The molecule has 0 heterocycles. The van der Waals surface area contributed by atoms with Crippen molar-refractivity contribution in [2.45, 2.75) is 19.3 Å². The Kier molecular flexibility index (Phi) is 6.60. The van der Waals surface area contributed by atoms with Crippen molar-refractivity contribution < 1.29 is 0 Å². The van der Waals surface area contributed by atoms with Gasteiger partial charge in [-0.05, 0) is 155 Å². The molecule has 0 amide bonds. The van der Waals surface area contributed by atoms with Gasteiger partial charge in [-0.1, -0.05) is 184 Å². The van der Waals surface area contributed by atoms with Crippen molar-refractivity contribution in [1.82, 2.24) is 0 Å². The molecule has 0 aliphatic heterocycles. The Morgan fingerprint density at radius 2 is 0.508 bits per heavy atom. The highest BCUT2D eigenvalue weighted by atomic mass is 14.4. The van der Waals surface area contributed by atoms with Crippen LogP contribution in [0, 0.1) is 0 Å². The number of benzene rings is 12. The number of hydrogen-bond donors (Lipinski definition) is 0. The molecule has 0 nitrogen and oxygen atoms in total. The van der Waals surface area contributed by atoms with Crippen LogP contribution in [0.15, 0.2) is 194 Å². The minimum absolute atomic E-state index is 0.193. The van der Waals surface area contributed by atoms with Crippen molar-refractivity contribution in [2.75, 3.05) is 0 Å². The molecule has 59 heavy (non-hydrogen) atoms. The lowest BCUT2D eigenvalue weighted by molar-refractivity contribution is 0.661. The lowest BCUT2D eigenvalue weighted by Gasteiger charge is -2.23. The van der Waals surface area contributed by atoms with E-state index in [0.717, 1.165) is 0 Å². The van der Waals surface area contributed by atoms with E-state index >= 15 is 0 Å². The summed E-state index contributed by atoms with van der Waals surface area (Å²) in [6, 6.07) is 73.1. The molecule has 13 rings (SSSR count). The second kappa shape index (κ2) is 11.9. The van der Waals surface area contributed by atoms with Gasteiger partial charge in [0.15, 0.2) is 0 Å². The van der Waals surface area contributed by atoms with Crippen molar-refractivity contribution >= 4 is 86.2 Å². The zero-order valence-electron chi connectivity index (χ0n) is 33.0. The van der Waals surface area contributed by atoms with Crippen molar-refractivity contribution in [3.63, 3.8) is 0 Å². The maximum Gasteiger partial charge on any atom is 0.0159 e. The summed E-state index contributed by atoms with van der Waals surface area (Å²) in [5.74, 6) is 0.